The SMILES string of the molecule is CSCCOc1ccc(C#N)cc1N. The summed E-state index contributed by atoms with van der Waals surface area (Å²) in [6.45, 7) is 0.636. The maximum atomic E-state index is 8.62. The molecule has 2 N–H and O–H groups in total. The van der Waals surface area contributed by atoms with Gasteiger partial charge in [-0.05, 0) is 24.5 Å². The van der Waals surface area contributed by atoms with Crippen molar-refractivity contribution in [1.29, 1.82) is 5.26 Å². The highest BCUT2D eigenvalue weighted by Crippen LogP contribution is 2.22. The Morgan fingerprint density at radius 1 is 1.57 bits per heavy atom. The molecular formula is C10H12N2OS. The van der Waals surface area contributed by atoms with Crippen molar-refractivity contribution in [2.24, 2.45) is 0 Å². The van der Waals surface area contributed by atoms with Crippen molar-refractivity contribution in [2.45, 2.75) is 0 Å². The summed E-state index contributed by atoms with van der Waals surface area (Å²) in [5.41, 5.74) is 6.77. The topological polar surface area (TPSA) is 59.0 Å². The Hall–Kier alpha value is -1.34. The maximum Gasteiger partial charge on any atom is 0.142 e. The van der Waals surface area contributed by atoms with Crippen LogP contribution >= 0.6 is 11.8 Å². The molecule has 1 rings (SSSR count). The van der Waals surface area contributed by atoms with Crippen LogP contribution in [0.1, 0.15) is 5.56 Å². The molecule has 0 amide bonds. The third-order valence-electron chi connectivity index (χ3n) is 1.68. The van der Waals surface area contributed by atoms with Gasteiger partial charge in [-0.25, -0.2) is 0 Å². The predicted octanol–water partition coefficient (Wildman–Crippen LogP) is 1.88. The molecule has 0 aliphatic rings. The quantitative estimate of drug-likeness (QED) is 0.606. The first-order valence-corrected chi connectivity index (χ1v) is 5.58. The van der Waals surface area contributed by atoms with Gasteiger partial charge in [-0.15, -0.1) is 0 Å². The average Bonchev–Trinajstić information content (AvgIpc) is 2.20. The second-order valence-corrected chi connectivity index (χ2v) is 3.69. The number of thioether (sulfide) groups is 1. The van der Waals surface area contributed by atoms with Gasteiger partial charge in [0.1, 0.15) is 5.75 Å². The Morgan fingerprint density at radius 3 is 2.93 bits per heavy atom. The van der Waals surface area contributed by atoms with E-state index >= 15 is 0 Å². The molecule has 1 aromatic carbocycles. The van der Waals surface area contributed by atoms with Crippen LogP contribution < -0.4 is 10.5 Å². The van der Waals surface area contributed by atoms with Crippen molar-refractivity contribution in [3.8, 4) is 11.8 Å². The van der Waals surface area contributed by atoms with E-state index in [-0.39, 0.29) is 0 Å². The van der Waals surface area contributed by atoms with Crippen LogP contribution in [0, 0.1) is 11.3 Å². The molecule has 0 bridgehead atoms. The third-order valence-corrected chi connectivity index (χ3v) is 2.26. The van der Waals surface area contributed by atoms with E-state index in [1.165, 1.54) is 0 Å². The molecule has 0 heterocycles. The maximum absolute atomic E-state index is 8.62. The summed E-state index contributed by atoms with van der Waals surface area (Å²) < 4.78 is 5.42. The van der Waals surface area contributed by atoms with Gasteiger partial charge in [0, 0.05) is 5.75 Å². The van der Waals surface area contributed by atoms with Gasteiger partial charge in [0.2, 0.25) is 0 Å². The second kappa shape index (κ2) is 5.40. The summed E-state index contributed by atoms with van der Waals surface area (Å²) in [5.74, 6) is 1.58. The first-order valence-electron chi connectivity index (χ1n) is 4.19. The first kappa shape index (κ1) is 10.7. The molecular weight excluding hydrogens is 196 g/mol. The number of nitrogens with two attached hydrogens (primary N) is 1. The van der Waals surface area contributed by atoms with Gasteiger partial charge in [-0.2, -0.15) is 17.0 Å². The Bertz CT molecular complexity index is 346. The molecule has 4 heteroatoms. The largest absolute Gasteiger partial charge is 0.491 e. The predicted molar refractivity (Wildman–Crippen MR) is 59.4 cm³/mol. The molecule has 0 aliphatic heterocycles. The van der Waals surface area contributed by atoms with Crippen molar-refractivity contribution >= 4 is 17.4 Å². The second-order valence-electron chi connectivity index (χ2n) is 2.71. The molecule has 0 radical (unpaired) electrons. The van der Waals surface area contributed by atoms with Crippen LogP contribution in [0.15, 0.2) is 18.2 Å². The third kappa shape index (κ3) is 2.86. The molecule has 0 aliphatic carbocycles. The average molecular weight is 208 g/mol. The van der Waals surface area contributed by atoms with Crippen molar-refractivity contribution < 1.29 is 4.74 Å². The molecule has 74 valence electrons. The zero-order valence-electron chi connectivity index (χ0n) is 7.99. The zero-order chi connectivity index (χ0) is 10.4. The van der Waals surface area contributed by atoms with E-state index in [0.29, 0.717) is 23.6 Å². The number of benzene rings is 1. The molecule has 1 aromatic rings. The lowest BCUT2D eigenvalue weighted by atomic mass is 10.2. The fourth-order valence-corrected chi connectivity index (χ4v) is 1.23. The van der Waals surface area contributed by atoms with Gasteiger partial charge in [0.25, 0.3) is 0 Å². The normalized spacial score (nSPS) is 9.43. The highest BCUT2D eigenvalue weighted by Gasteiger charge is 2.00. The van der Waals surface area contributed by atoms with E-state index in [2.05, 4.69) is 0 Å². The van der Waals surface area contributed by atoms with Gasteiger partial charge in [0.05, 0.1) is 23.9 Å². The number of rotatable bonds is 4. The minimum Gasteiger partial charge on any atom is -0.491 e. The van der Waals surface area contributed by atoms with Crippen LogP contribution in [0.25, 0.3) is 0 Å². The number of anilines is 1. The number of hydrogen-bond donors (Lipinski definition) is 1. The van der Waals surface area contributed by atoms with Crippen LogP contribution in [0.5, 0.6) is 5.75 Å². The molecule has 0 atom stereocenters. The van der Waals surface area contributed by atoms with Crippen molar-refractivity contribution in [2.75, 3.05) is 24.3 Å². The van der Waals surface area contributed by atoms with Crippen molar-refractivity contribution in [1.82, 2.24) is 0 Å². The Balaban J connectivity index is 2.65. The van der Waals surface area contributed by atoms with Crippen LogP contribution in [0.4, 0.5) is 5.69 Å². The lowest BCUT2D eigenvalue weighted by molar-refractivity contribution is 0.346. The van der Waals surface area contributed by atoms with E-state index in [0.717, 1.165) is 5.75 Å². The Labute approximate surface area is 87.9 Å². The lowest BCUT2D eigenvalue weighted by Crippen LogP contribution is -2.02. The summed E-state index contributed by atoms with van der Waals surface area (Å²) >= 11 is 1.72. The van der Waals surface area contributed by atoms with E-state index in [1.54, 1.807) is 30.0 Å². The number of nitriles is 1. The standard InChI is InChI=1S/C10H12N2OS/c1-14-5-4-13-10-3-2-8(7-11)6-9(10)12/h2-3,6H,4-5,12H2,1H3. The van der Waals surface area contributed by atoms with Gasteiger partial charge < -0.3 is 10.5 Å². The van der Waals surface area contributed by atoms with Crippen LogP contribution in [0.2, 0.25) is 0 Å². The molecule has 0 spiro atoms. The van der Waals surface area contributed by atoms with E-state index in [4.69, 9.17) is 15.7 Å². The number of nitrogen functional groups attached to an aromatic ring is 1. The smallest absolute Gasteiger partial charge is 0.142 e. The monoisotopic (exact) mass is 208 g/mol. The first-order chi connectivity index (χ1) is 6.77. The summed E-state index contributed by atoms with van der Waals surface area (Å²) in [4.78, 5) is 0. The summed E-state index contributed by atoms with van der Waals surface area (Å²) in [6, 6.07) is 7.07. The van der Waals surface area contributed by atoms with Gasteiger partial charge in [-0.1, -0.05) is 0 Å². The van der Waals surface area contributed by atoms with Crippen molar-refractivity contribution in [3.63, 3.8) is 0 Å². The minimum absolute atomic E-state index is 0.519. The Morgan fingerprint density at radius 2 is 2.36 bits per heavy atom. The Kier molecular flexibility index (Phi) is 4.14. The highest BCUT2D eigenvalue weighted by molar-refractivity contribution is 7.98. The number of nitrogens with zero attached hydrogens (tertiary/aromatic N) is 1. The molecule has 14 heavy (non-hydrogen) atoms. The molecule has 0 unspecified atom stereocenters. The molecule has 3 nitrogen and oxygen atoms in total. The van der Waals surface area contributed by atoms with Gasteiger partial charge in [0.15, 0.2) is 0 Å². The molecule has 0 saturated heterocycles. The van der Waals surface area contributed by atoms with Crippen LogP contribution in [-0.2, 0) is 0 Å². The fraction of sp³-hybridized carbons (Fsp3) is 0.300. The number of ether oxygens (including phenoxy) is 1. The summed E-state index contributed by atoms with van der Waals surface area (Å²) in [5, 5.41) is 8.62. The van der Waals surface area contributed by atoms with E-state index in [1.807, 2.05) is 12.3 Å². The van der Waals surface area contributed by atoms with Crippen LogP contribution in [0.3, 0.4) is 0 Å². The minimum atomic E-state index is 0.519. The van der Waals surface area contributed by atoms with E-state index < -0.39 is 0 Å². The molecule has 0 saturated carbocycles. The zero-order valence-corrected chi connectivity index (χ0v) is 8.80. The number of hydrogen-bond acceptors (Lipinski definition) is 4. The van der Waals surface area contributed by atoms with E-state index in [9.17, 15) is 0 Å². The summed E-state index contributed by atoms with van der Waals surface area (Å²) in [7, 11) is 0. The fourth-order valence-electron chi connectivity index (χ4n) is 0.984. The molecule has 0 fully saturated rings. The summed E-state index contributed by atoms with van der Waals surface area (Å²) in [6.07, 6.45) is 2.02. The van der Waals surface area contributed by atoms with Crippen LogP contribution in [-0.4, -0.2) is 18.6 Å². The lowest BCUT2D eigenvalue weighted by Gasteiger charge is -2.07. The van der Waals surface area contributed by atoms with Crippen molar-refractivity contribution in [3.05, 3.63) is 23.8 Å². The highest BCUT2D eigenvalue weighted by atomic mass is 32.2. The van der Waals surface area contributed by atoms with Gasteiger partial charge in [-0.3, -0.25) is 0 Å². The van der Waals surface area contributed by atoms with Gasteiger partial charge >= 0.3 is 0 Å². The molecule has 0 aromatic heterocycles.